The van der Waals surface area contributed by atoms with Crippen LogP contribution in [0.5, 0.6) is 5.88 Å². The van der Waals surface area contributed by atoms with Gasteiger partial charge in [-0.1, -0.05) is 36.4 Å². The van der Waals surface area contributed by atoms with Crippen molar-refractivity contribution in [2.45, 2.75) is 12.8 Å². The van der Waals surface area contributed by atoms with Crippen molar-refractivity contribution in [1.29, 1.82) is 5.26 Å². The van der Waals surface area contributed by atoms with Gasteiger partial charge in [0.25, 0.3) is 0 Å². The third-order valence-corrected chi connectivity index (χ3v) is 5.23. The summed E-state index contributed by atoms with van der Waals surface area (Å²) in [6.07, 6.45) is 1.76. The molecule has 0 fully saturated rings. The highest BCUT2D eigenvalue weighted by Gasteiger charge is 2.36. The summed E-state index contributed by atoms with van der Waals surface area (Å²) in [4.78, 5) is 4.46. The standard InChI is InChI=1S/C23H17N5O/c1-14-20-21(17-11-12-26-19-10-6-5-9-16(17)19)18(13-24)22(25)29-23(20)28(27-14)15-7-3-2-4-8-15/h2-12,21H,25H2,1H3. The molecule has 0 bridgehead atoms. The first-order valence-electron chi connectivity index (χ1n) is 9.25. The first-order chi connectivity index (χ1) is 14.2. The molecule has 0 saturated heterocycles. The summed E-state index contributed by atoms with van der Waals surface area (Å²) in [6.45, 7) is 1.93. The first kappa shape index (κ1) is 17.0. The molecule has 0 spiro atoms. The molecular weight excluding hydrogens is 362 g/mol. The van der Waals surface area contributed by atoms with Gasteiger partial charge in [0.2, 0.25) is 11.8 Å². The number of fused-ring (bicyclic) bond motifs is 2. The largest absolute Gasteiger partial charge is 0.422 e. The molecule has 29 heavy (non-hydrogen) atoms. The van der Waals surface area contributed by atoms with Gasteiger partial charge in [0.15, 0.2) is 0 Å². The Morgan fingerprint density at radius 3 is 2.62 bits per heavy atom. The van der Waals surface area contributed by atoms with Crippen molar-refractivity contribution in [2.24, 2.45) is 5.73 Å². The summed E-state index contributed by atoms with van der Waals surface area (Å²) < 4.78 is 7.66. The Kier molecular flexibility index (Phi) is 3.81. The van der Waals surface area contributed by atoms with Gasteiger partial charge in [-0.3, -0.25) is 4.98 Å². The number of benzene rings is 2. The maximum atomic E-state index is 9.89. The second-order valence-electron chi connectivity index (χ2n) is 6.89. The van der Waals surface area contributed by atoms with E-state index >= 15 is 0 Å². The van der Waals surface area contributed by atoms with Crippen LogP contribution in [0.1, 0.15) is 22.7 Å². The minimum Gasteiger partial charge on any atom is -0.422 e. The Hall–Kier alpha value is -4.11. The number of aryl methyl sites for hydroxylation is 1. The van der Waals surface area contributed by atoms with Gasteiger partial charge in [-0.25, -0.2) is 4.68 Å². The van der Waals surface area contributed by atoms with Crippen LogP contribution in [0.25, 0.3) is 16.6 Å². The van der Waals surface area contributed by atoms with Gasteiger partial charge in [-0.15, -0.1) is 0 Å². The molecule has 0 radical (unpaired) electrons. The Labute approximate surface area is 167 Å². The smallest absolute Gasteiger partial charge is 0.229 e. The molecule has 0 saturated carbocycles. The molecule has 5 rings (SSSR count). The molecular formula is C23H17N5O. The van der Waals surface area contributed by atoms with E-state index in [4.69, 9.17) is 15.6 Å². The first-order valence-corrected chi connectivity index (χ1v) is 9.25. The Morgan fingerprint density at radius 1 is 1.07 bits per heavy atom. The summed E-state index contributed by atoms with van der Waals surface area (Å²) in [5, 5.41) is 15.6. The second kappa shape index (κ2) is 6.50. The minimum atomic E-state index is -0.380. The molecule has 0 amide bonds. The molecule has 1 unspecified atom stereocenters. The zero-order chi connectivity index (χ0) is 20.0. The highest BCUT2D eigenvalue weighted by molar-refractivity contribution is 5.84. The van der Waals surface area contributed by atoms with Crippen LogP contribution in [0.4, 0.5) is 0 Å². The van der Waals surface area contributed by atoms with Gasteiger partial charge in [-0.2, -0.15) is 10.4 Å². The van der Waals surface area contributed by atoms with Crippen molar-refractivity contribution in [1.82, 2.24) is 14.8 Å². The number of nitriles is 1. The molecule has 2 N–H and O–H groups in total. The Morgan fingerprint density at radius 2 is 1.83 bits per heavy atom. The van der Waals surface area contributed by atoms with E-state index in [0.29, 0.717) is 11.5 Å². The number of nitrogens with zero attached hydrogens (tertiary/aromatic N) is 4. The van der Waals surface area contributed by atoms with E-state index in [1.54, 1.807) is 10.9 Å². The molecule has 0 aliphatic carbocycles. The zero-order valence-electron chi connectivity index (χ0n) is 15.7. The van der Waals surface area contributed by atoms with Crippen LogP contribution in [0.2, 0.25) is 0 Å². The van der Waals surface area contributed by atoms with Crippen LogP contribution >= 0.6 is 0 Å². The van der Waals surface area contributed by atoms with Crippen molar-refractivity contribution < 1.29 is 4.74 Å². The summed E-state index contributed by atoms with van der Waals surface area (Å²) >= 11 is 0. The fraction of sp³-hybridized carbons (Fsp3) is 0.0870. The van der Waals surface area contributed by atoms with Crippen molar-refractivity contribution >= 4 is 10.9 Å². The highest BCUT2D eigenvalue weighted by atomic mass is 16.5. The molecule has 6 nitrogen and oxygen atoms in total. The quantitative estimate of drug-likeness (QED) is 0.570. The number of allylic oxidation sites excluding steroid dienone is 1. The lowest BCUT2D eigenvalue weighted by Gasteiger charge is -2.25. The third-order valence-electron chi connectivity index (χ3n) is 5.23. The Bertz CT molecular complexity index is 1310. The van der Waals surface area contributed by atoms with Crippen molar-refractivity contribution in [3.63, 3.8) is 0 Å². The van der Waals surface area contributed by atoms with E-state index in [2.05, 4.69) is 11.1 Å². The fourth-order valence-corrected chi connectivity index (χ4v) is 3.94. The van der Waals surface area contributed by atoms with Crippen LogP contribution in [0.3, 0.4) is 0 Å². The number of rotatable bonds is 2. The molecule has 4 aromatic rings. The van der Waals surface area contributed by atoms with E-state index in [0.717, 1.165) is 33.4 Å². The number of ether oxygens (including phenoxy) is 1. The molecule has 2 aromatic carbocycles. The Balaban J connectivity index is 1.81. The molecule has 2 aromatic heterocycles. The number of hydrogen-bond donors (Lipinski definition) is 1. The van der Waals surface area contributed by atoms with Gasteiger partial charge in [0, 0.05) is 11.6 Å². The minimum absolute atomic E-state index is 0.1000. The van der Waals surface area contributed by atoms with Gasteiger partial charge >= 0.3 is 0 Å². The maximum Gasteiger partial charge on any atom is 0.229 e. The molecule has 1 atom stereocenters. The predicted molar refractivity (Wildman–Crippen MR) is 109 cm³/mol. The van der Waals surface area contributed by atoms with Gasteiger partial charge in [-0.05, 0) is 36.8 Å². The molecule has 1 aliphatic heterocycles. The zero-order valence-corrected chi connectivity index (χ0v) is 15.7. The lowest BCUT2D eigenvalue weighted by molar-refractivity contribution is 0.367. The normalized spacial score (nSPS) is 15.7. The fourth-order valence-electron chi connectivity index (χ4n) is 3.94. The number of para-hydroxylation sites is 2. The topological polar surface area (TPSA) is 89.8 Å². The number of pyridine rings is 1. The molecule has 3 heterocycles. The van der Waals surface area contributed by atoms with Crippen LogP contribution in [-0.2, 0) is 0 Å². The maximum absolute atomic E-state index is 9.89. The van der Waals surface area contributed by atoms with Crippen LogP contribution in [0.15, 0.2) is 78.3 Å². The highest BCUT2D eigenvalue weighted by Crippen LogP contribution is 2.45. The van der Waals surface area contributed by atoms with Crippen molar-refractivity contribution in [2.75, 3.05) is 0 Å². The van der Waals surface area contributed by atoms with Gasteiger partial charge < -0.3 is 10.5 Å². The lowest BCUT2D eigenvalue weighted by Crippen LogP contribution is -2.22. The summed E-state index contributed by atoms with van der Waals surface area (Å²) in [7, 11) is 0. The van der Waals surface area contributed by atoms with Crippen LogP contribution in [-0.4, -0.2) is 14.8 Å². The van der Waals surface area contributed by atoms with E-state index in [-0.39, 0.29) is 11.8 Å². The predicted octanol–water partition coefficient (Wildman–Crippen LogP) is 3.95. The monoisotopic (exact) mass is 379 g/mol. The van der Waals surface area contributed by atoms with E-state index in [9.17, 15) is 5.26 Å². The van der Waals surface area contributed by atoms with E-state index in [1.165, 1.54) is 0 Å². The third kappa shape index (κ3) is 2.56. The summed E-state index contributed by atoms with van der Waals surface area (Å²) in [5.41, 5.74) is 10.9. The molecule has 140 valence electrons. The van der Waals surface area contributed by atoms with E-state index in [1.807, 2.05) is 67.6 Å². The van der Waals surface area contributed by atoms with Gasteiger partial charge in [0.05, 0.1) is 28.4 Å². The van der Waals surface area contributed by atoms with E-state index < -0.39 is 0 Å². The van der Waals surface area contributed by atoms with Gasteiger partial charge in [0.1, 0.15) is 11.6 Å². The van der Waals surface area contributed by atoms with Crippen LogP contribution < -0.4 is 10.5 Å². The van der Waals surface area contributed by atoms with Crippen molar-refractivity contribution in [3.05, 3.63) is 95.1 Å². The number of hydrogen-bond acceptors (Lipinski definition) is 5. The molecule has 1 aliphatic rings. The second-order valence-corrected chi connectivity index (χ2v) is 6.89. The summed E-state index contributed by atoms with van der Waals surface area (Å²) in [6, 6.07) is 21.8. The number of nitrogens with two attached hydrogens (primary N) is 1. The SMILES string of the molecule is Cc1nn(-c2ccccc2)c2c1C(c1ccnc3ccccc13)C(C#N)=C(N)O2. The molecule has 6 heteroatoms. The lowest BCUT2D eigenvalue weighted by atomic mass is 9.83. The van der Waals surface area contributed by atoms with Crippen molar-refractivity contribution in [3.8, 4) is 17.6 Å². The van der Waals surface area contributed by atoms with Crippen LogP contribution in [0, 0.1) is 18.3 Å². The summed E-state index contributed by atoms with van der Waals surface area (Å²) in [5.74, 6) is 0.258. The average molecular weight is 379 g/mol. The number of aromatic nitrogens is 3. The average Bonchev–Trinajstić information content (AvgIpc) is 3.09.